The maximum absolute atomic E-state index is 6.50. The SMILES string of the molecule is CN(C)C1(C(N)Cc2nccs2)CCCCC1. The number of hydrogen-bond donors (Lipinski definition) is 1. The predicted octanol–water partition coefficient (Wildman–Crippen LogP) is 2.28. The van der Waals surface area contributed by atoms with Crippen LogP contribution in [0.5, 0.6) is 0 Å². The molecule has 96 valence electrons. The molecule has 1 saturated carbocycles. The third-order valence-electron chi connectivity index (χ3n) is 4.18. The zero-order valence-corrected chi connectivity index (χ0v) is 11.7. The van der Waals surface area contributed by atoms with E-state index in [1.165, 1.54) is 37.1 Å². The van der Waals surface area contributed by atoms with E-state index in [9.17, 15) is 0 Å². The molecule has 0 aliphatic heterocycles. The zero-order valence-electron chi connectivity index (χ0n) is 10.9. The van der Waals surface area contributed by atoms with Gasteiger partial charge in [-0.1, -0.05) is 19.3 Å². The quantitative estimate of drug-likeness (QED) is 0.895. The van der Waals surface area contributed by atoms with E-state index >= 15 is 0 Å². The van der Waals surface area contributed by atoms with Gasteiger partial charge in [-0.15, -0.1) is 11.3 Å². The van der Waals surface area contributed by atoms with Crippen molar-refractivity contribution in [3.8, 4) is 0 Å². The molecule has 17 heavy (non-hydrogen) atoms. The van der Waals surface area contributed by atoms with Crippen LogP contribution in [0.25, 0.3) is 0 Å². The van der Waals surface area contributed by atoms with E-state index in [0.29, 0.717) is 0 Å². The fourth-order valence-corrected chi connectivity index (χ4v) is 3.72. The lowest BCUT2D eigenvalue weighted by atomic mass is 9.74. The van der Waals surface area contributed by atoms with E-state index < -0.39 is 0 Å². The Morgan fingerprint density at radius 2 is 2.12 bits per heavy atom. The smallest absolute Gasteiger partial charge is 0.0940 e. The van der Waals surface area contributed by atoms with Crippen molar-refractivity contribution >= 4 is 11.3 Å². The van der Waals surface area contributed by atoms with Gasteiger partial charge in [0.2, 0.25) is 0 Å². The van der Waals surface area contributed by atoms with Crippen LogP contribution in [-0.4, -0.2) is 35.6 Å². The van der Waals surface area contributed by atoms with E-state index in [1.807, 2.05) is 11.6 Å². The minimum Gasteiger partial charge on any atom is -0.326 e. The van der Waals surface area contributed by atoms with Crippen LogP contribution in [0.3, 0.4) is 0 Å². The van der Waals surface area contributed by atoms with Crippen LogP contribution < -0.4 is 5.73 Å². The average molecular weight is 253 g/mol. The maximum Gasteiger partial charge on any atom is 0.0940 e. The fraction of sp³-hybridized carbons (Fsp3) is 0.769. The van der Waals surface area contributed by atoms with Crippen molar-refractivity contribution in [1.82, 2.24) is 9.88 Å². The van der Waals surface area contributed by atoms with Crippen LogP contribution >= 0.6 is 11.3 Å². The summed E-state index contributed by atoms with van der Waals surface area (Å²) >= 11 is 1.72. The highest BCUT2D eigenvalue weighted by Gasteiger charge is 2.39. The summed E-state index contributed by atoms with van der Waals surface area (Å²) in [5, 5.41) is 3.20. The molecule has 3 nitrogen and oxygen atoms in total. The van der Waals surface area contributed by atoms with Crippen molar-refractivity contribution in [3.05, 3.63) is 16.6 Å². The van der Waals surface area contributed by atoms with Gasteiger partial charge in [-0.05, 0) is 26.9 Å². The summed E-state index contributed by atoms with van der Waals surface area (Å²) in [7, 11) is 4.35. The molecule has 0 spiro atoms. The molecule has 1 atom stereocenters. The Bertz CT molecular complexity index is 328. The Morgan fingerprint density at radius 1 is 1.41 bits per heavy atom. The van der Waals surface area contributed by atoms with E-state index in [-0.39, 0.29) is 11.6 Å². The van der Waals surface area contributed by atoms with Gasteiger partial charge in [-0.3, -0.25) is 0 Å². The normalized spacial score (nSPS) is 21.6. The summed E-state index contributed by atoms with van der Waals surface area (Å²) in [5.41, 5.74) is 6.68. The van der Waals surface area contributed by atoms with E-state index in [2.05, 4.69) is 24.0 Å². The van der Waals surface area contributed by atoms with Crippen molar-refractivity contribution in [2.45, 2.75) is 50.1 Å². The van der Waals surface area contributed by atoms with Crippen molar-refractivity contribution in [2.75, 3.05) is 14.1 Å². The summed E-state index contributed by atoms with van der Waals surface area (Å²) < 4.78 is 0. The van der Waals surface area contributed by atoms with Gasteiger partial charge in [-0.25, -0.2) is 4.98 Å². The number of nitrogens with two attached hydrogens (primary N) is 1. The fourth-order valence-electron chi connectivity index (χ4n) is 3.05. The maximum atomic E-state index is 6.50. The zero-order chi connectivity index (χ0) is 12.3. The molecule has 2 N–H and O–H groups in total. The Kier molecular flexibility index (Phi) is 4.17. The summed E-state index contributed by atoms with van der Waals surface area (Å²) in [6, 6.07) is 0.198. The Hall–Kier alpha value is -0.450. The van der Waals surface area contributed by atoms with Gasteiger partial charge in [0.15, 0.2) is 0 Å². The van der Waals surface area contributed by atoms with Gasteiger partial charge >= 0.3 is 0 Å². The first kappa shape index (κ1) is 13.0. The molecule has 0 amide bonds. The van der Waals surface area contributed by atoms with Crippen LogP contribution in [-0.2, 0) is 6.42 Å². The van der Waals surface area contributed by atoms with E-state index in [1.54, 1.807) is 11.3 Å². The molecule has 1 aliphatic rings. The minimum absolute atomic E-state index is 0.184. The van der Waals surface area contributed by atoms with Gasteiger partial charge in [-0.2, -0.15) is 0 Å². The van der Waals surface area contributed by atoms with Gasteiger partial charge in [0, 0.05) is 29.6 Å². The summed E-state index contributed by atoms with van der Waals surface area (Å²) in [5.74, 6) is 0. The Balaban J connectivity index is 2.09. The molecule has 1 heterocycles. The number of thiazole rings is 1. The van der Waals surface area contributed by atoms with Gasteiger partial charge in [0.1, 0.15) is 0 Å². The van der Waals surface area contributed by atoms with Crippen LogP contribution in [0, 0.1) is 0 Å². The topological polar surface area (TPSA) is 42.1 Å². The number of likely N-dealkylation sites (N-methyl/N-ethyl adjacent to an activating group) is 1. The van der Waals surface area contributed by atoms with Gasteiger partial charge in [0.25, 0.3) is 0 Å². The lowest BCUT2D eigenvalue weighted by Crippen LogP contribution is -2.59. The second-order valence-electron chi connectivity index (χ2n) is 5.30. The molecule has 1 aromatic heterocycles. The highest BCUT2D eigenvalue weighted by molar-refractivity contribution is 7.09. The highest BCUT2D eigenvalue weighted by atomic mass is 32.1. The van der Waals surface area contributed by atoms with Crippen molar-refractivity contribution in [2.24, 2.45) is 5.73 Å². The average Bonchev–Trinajstić information content (AvgIpc) is 2.82. The van der Waals surface area contributed by atoms with Crippen molar-refractivity contribution < 1.29 is 0 Å². The lowest BCUT2D eigenvalue weighted by Gasteiger charge is -2.47. The first-order valence-electron chi connectivity index (χ1n) is 6.46. The third-order valence-corrected chi connectivity index (χ3v) is 4.98. The molecule has 1 aromatic rings. The largest absolute Gasteiger partial charge is 0.326 e. The number of nitrogens with zero attached hydrogens (tertiary/aromatic N) is 2. The van der Waals surface area contributed by atoms with Crippen LogP contribution in [0.2, 0.25) is 0 Å². The molecule has 1 unspecified atom stereocenters. The molecule has 0 aromatic carbocycles. The van der Waals surface area contributed by atoms with Crippen molar-refractivity contribution in [3.63, 3.8) is 0 Å². The molecular weight excluding hydrogens is 230 g/mol. The summed E-state index contributed by atoms with van der Waals surface area (Å²) in [6.07, 6.45) is 9.22. The first-order valence-corrected chi connectivity index (χ1v) is 7.34. The molecule has 0 bridgehead atoms. The van der Waals surface area contributed by atoms with E-state index in [0.717, 1.165) is 6.42 Å². The molecule has 1 aliphatic carbocycles. The standard InChI is InChI=1S/C13H23N3S/c1-16(2)13(6-4-3-5-7-13)11(14)10-12-15-8-9-17-12/h8-9,11H,3-7,10,14H2,1-2H3. The molecule has 0 radical (unpaired) electrons. The van der Waals surface area contributed by atoms with Gasteiger partial charge < -0.3 is 10.6 Å². The van der Waals surface area contributed by atoms with Gasteiger partial charge in [0.05, 0.1) is 5.01 Å². The highest BCUT2D eigenvalue weighted by Crippen LogP contribution is 2.35. The van der Waals surface area contributed by atoms with Crippen molar-refractivity contribution in [1.29, 1.82) is 0 Å². The molecule has 0 saturated heterocycles. The second kappa shape index (κ2) is 5.46. The van der Waals surface area contributed by atoms with Crippen LogP contribution in [0.1, 0.15) is 37.1 Å². The summed E-state index contributed by atoms with van der Waals surface area (Å²) in [6.45, 7) is 0. The minimum atomic E-state index is 0.184. The number of rotatable bonds is 4. The van der Waals surface area contributed by atoms with E-state index in [4.69, 9.17) is 5.73 Å². The third kappa shape index (κ3) is 2.69. The predicted molar refractivity (Wildman–Crippen MR) is 73.3 cm³/mol. The molecule has 2 rings (SSSR count). The summed E-state index contributed by atoms with van der Waals surface area (Å²) in [4.78, 5) is 6.71. The molecule has 1 fully saturated rings. The lowest BCUT2D eigenvalue weighted by molar-refractivity contribution is 0.0715. The Labute approximate surface area is 108 Å². The monoisotopic (exact) mass is 253 g/mol. The number of hydrogen-bond acceptors (Lipinski definition) is 4. The second-order valence-corrected chi connectivity index (χ2v) is 6.27. The van der Waals surface area contributed by atoms with Crippen LogP contribution in [0.15, 0.2) is 11.6 Å². The van der Waals surface area contributed by atoms with Crippen LogP contribution in [0.4, 0.5) is 0 Å². The molecule has 4 heteroatoms. The first-order chi connectivity index (χ1) is 8.15. The number of aromatic nitrogens is 1. The Morgan fingerprint density at radius 3 is 2.65 bits per heavy atom. The molecular formula is C13H23N3S.